The smallest absolute Gasteiger partial charge is 0.262 e. The molecule has 0 radical (unpaired) electrons. The van der Waals surface area contributed by atoms with Crippen LogP contribution in [0.1, 0.15) is 28.6 Å². The number of nitrogens with one attached hydrogen (secondary N) is 2. The summed E-state index contributed by atoms with van der Waals surface area (Å²) in [5.41, 5.74) is 1.00. The Labute approximate surface area is 199 Å². The minimum absolute atomic E-state index is 0.102. The number of amides is 3. The third-order valence-corrected chi connectivity index (χ3v) is 6.80. The maximum atomic E-state index is 13.2. The molecular weight excluding hydrogens is 498 g/mol. The highest BCUT2D eigenvalue weighted by atomic mass is 79.9. The van der Waals surface area contributed by atoms with Gasteiger partial charge in [0.1, 0.15) is 5.54 Å². The molecule has 1 atom stereocenters. The number of anilines is 2. The molecule has 0 aliphatic carbocycles. The third-order valence-electron chi connectivity index (χ3n) is 5.18. The molecule has 3 amide bonds. The van der Waals surface area contributed by atoms with Crippen LogP contribution < -0.4 is 15.5 Å². The number of aryl methyl sites for hydroxylation is 1. The molecule has 32 heavy (non-hydrogen) atoms. The summed E-state index contributed by atoms with van der Waals surface area (Å²) in [6.07, 6.45) is 1.15. The van der Waals surface area contributed by atoms with Crippen molar-refractivity contribution in [3.8, 4) is 0 Å². The predicted molar refractivity (Wildman–Crippen MR) is 127 cm³/mol. The Balaban J connectivity index is 1.72. The maximum absolute atomic E-state index is 13.2. The second kappa shape index (κ2) is 11.0. The highest BCUT2D eigenvalue weighted by molar-refractivity contribution is 9.11. The van der Waals surface area contributed by atoms with E-state index in [4.69, 9.17) is 9.47 Å². The molecule has 1 aliphatic rings. The van der Waals surface area contributed by atoms with Crippen molar-refractivity contribution in [2.24, 2.45) is 0 Å². The first-order valence-electron chi connectivity index (χ1n) is 10.3. The lowest BCUT2D eigenvalue weighted by molar-refractivity contribution is -0.122. The number of benzene rings is 1. The first-order valence-corrected chi connectivity index (χ1v) is 11.9. The van der Waals surface area contributed by atoms with Crippen molar-refractivity contribution in [3.63, 3.8) is 0 Å². The molecule has 1 aromatic heterocycles. The van der Waals surface area contributed by atoms with Crippen LogP contribution in [0.25, 0.3) is 0 Å². The number of thiophene rings is 1. The van der Waals surface area contributed by atoms with Crippen LogP contribution in [-0.4, -0.2) is 56.7 Å². The molecule has 10 heteroatoms. The van der Waals surface area contributed by atoms with Gasteiger partial charge in [-0.1, -0.05) is 0 Å². The topological polar surface area (TPSA) is 97.0 Å². The molecule has 1 unspecified atom stereocenters. The van der Waals surface area contributed by atoms with Crippen LogP contribution in [0.5, 0.6) is 0 Å². The summed E-state index contributed by atoms with van der Waals surface area (Å²) < 4.78 is 11.6. The van der Waals surface area contributed by atoms with Gasteiger partial charge in [-0.15, -0.1) is 11.3 Å². The van der Waals surface area contributed by atoms with Gasteiger partial charge in [0.2, 0.25) is 6.41 Å². The van der Waals surface area contributed by atoms with Crippen LogP contribution in [0.4, 0.5) is 11.4 Å². The van der Waals surface area contributed by atoms with Crippen LogP contribution in [0.3, 0.4) is 0 Å². The first-order chi connectivity index (χ1) is 15.4. The Morgan fingerprint density at radius 3 is 2.75 bits per heavy atom. The molecule has 1 fully saturated rings. The molecule has 8 nitrogen and oxygen atoms in total. The summed E-state index contributed by atoms with van der Waals surface area (Å²) >= 11 is 4.65. The summed E-state index contributed by atoms with van der Waals surface area (Å²) in [6.45, 7) is 5.72. The van der Waals surface area contributed by atoms with Crippen LogP contribution in [0.15, 0.2) is 34.1 Å². The third kappa shape index (κ3) is 5.74. The zero-order chi connectivity index (χ0) is 23.1. The highest BCUT2D eigenvalue weighted by Crippen LogP contribution is 2.27. The van der Waals surface area contributed by atoms with Gasteiger partial charge in [0, 0.05) is 37.6 Å². The summed E-state index contributed by atoms with van der Waals surface area (Å²) in [5.74, 6) is -0.654. The van der Waals surface area contributed by atoms with E-state index >= 15 is 0 Å². The van der Waals surface area contributed by atoms with E-state index in [2.05, 4.69) is 26.6 Å². The fraction of sp³-hybridized carbons (Fsp3) is 0.409. The molecule has 0 saturated carbocycles. The van der Waals surface area contributed by atoms with Gasteiger partial charge in [0.25, 0.3) is 11.8 Å². The predicted octanol–water partition coefficient (Wildman–Crippen LogP) is 3.35. The zero-order valence-electron chi connectivity index (χ0n) is 18.0. The van der Waals surface area contributed by atoms with Crippen LogP contribution in [0, 0.1) is 6.92 Å². The molecule has 2 heterocycles. The van der Waals surface area contributed by atoms with Crippen molar-refractivity contribution < 1.29 is 23.9 Å². The fourth-order valence-electron chi connectivity index (χ4n) is 3.46. The average molecular weight is 524 g/mol. The second-order valence-corrected chi connectivity index (χ2v) is 9.86. The molecule has 0 spiro atoms. The lowest BCUT2D eigenvalue weighted by atomic mass is 9.96. The summed E-state index contributed by atoms with van der Waals surface area (Å²) in [4.78, 5) is 39.4. The number of hydrogen-bond donors (Lipinski definition) is 2. The summed E-state index contributed by atoms with van der Waals surface area (Å²) in [5, 5.41) is 5.76. The number of halogens is 1. The molecule has 1 aromatic carbocycles. The normalized spacial score (nSPS) is 17.7. The van der Waals surface area contributed by atoms with E-state index in [1.54, 1.807) is 35.2 Å². The Bertz CT molecular complexity index is 974. The average Bonchev–Trinajstić information content (AvgIpc) is 3.42. The molecule has 1 saturated heterocycles. The zero-order valence-corrected chi connectivity index (χ0v) is 20.4. The van der Waals surface area contributed by atoms with Crippen molar-refractivity contribution in [2.75, 3.05) is 43.2 Å². The van der Waals surface area contributed by atoms with Gasteiger partial charge in [-0.25, -0.2) is 0 Å². The fourth-order valence-corrected chi connectivity index (χ4v) is 4.74. The largest absolute Gasteiger partial charge is 0.380 e. The Morgan fingerprint density at radius 2 is 2.16 bits per heavy atom. The SMILES string of the molecule is CCOCCN(C=O)c1ccc(NC(=O)C2(NC(=O)c3ccc(Br)s3)CCOC2)cc1C. The standard InChI is InChI=1S/C22H26BrN3O5S/c1-3-30-11-9-26(14-27)17-5-4-16(12-15(17)2)24-21(29)22(8-10-31-13-22)25-20(28)18-6-7-19(23)32-18/h4-7,12,14H,3,8-11,13H2,1-2H3,(H,24,29)(H,25,28). The number of carbonyl (C=O) groups is 3. The molecular formula is C22H26BrN3O5S. The van der Waals surface area contributed by atoms with Crippen molar-refractivity contribution in [1.82, 2.24) is 5.32 Å². The van der Waals surface area contributed by atoms with Gasteiger partial charge in [-0.3, -0.25) is 14.4 Å². The maximum Gasteiger partial charge on any atom is 0.262 e. The summed E-state index contributed by atoms with van der Waals surface area (Å²) in [7, 11) is 0. The molecule has 172 valence electrons. The number of carbonyl (C=O) groups excluding carboxylic acids is 3. The van der Waals surface area contributed by atoms with E-state index in [0.29, 0.717) is 43.4 Å². The van der Waals surface area contributed by atoms with Gasteiger partial charge in [0.15, 0.2) is 0 Å². The number of ether oxygens (including phenoxy) is 2. The minimum atomic E-state index is -1.15. The molecule has 0 bridgehead atoms. The monoisotopic (exact) mass is 523 g/mol. The van der Waals surface area contributed by atoms with Crippen LogP contribution >= 0.6 is 27.3 Å². The Morgan fingerprint density at radius 1 is 1.34 bits per heavy atom. The van der Waals surface area contributed by atoms with Crippen LogP contribution in [-0.2, 0) is 19.1 Å². The van der Waals surface area contributed by atoms with Crippen molar-refractivity contribution in [1.29, 1.82) is 0 Å². The van der Waals surface area contributed by atoms with E-state index in [-0.39, 0.29) is 18.4 Å². The van der Waals surface area contributed by atoms with Gasteiger partial charge in [-0.05, 0) is 65.7 Å². The molecule has 2 aromatic rings. The van der Waals surface area contributed by atoms with Gasteiger partial charge in [-0.2, -0.15) is 0 Å². The Kier molecular flexibility index (Phi) is 8.41. The lowest BCUT2D eigenvalue weighted by Gasteiger charge is -2.27. The highest BCUT2D eigenvalue weighted by Gasteiger charge is 2.44. The molecule has 1 aliphatic heterocycles. The quantitative estimate of drug-likeness (QED) is 0.367. The van der Waals surface area contributed by atoms with Crippen molar-refractivity contribution >= 4 is 56.9 Å². The minimum Gasteiger partial charge on any atom is -0.380 e. The van der Waals surface area contributed by atoms with E-state index in [0.717, 1.165) is 21.4 Å². The number of rotatable bonds is 10. The van der Waals surface area contributed by atoms with E-state index in [9.17, 15) is 14.4 Å². The van der Waals surface area contributed by atoms with E-state index in [1.165, 1.54) is 11.3 Å². The van der Waals surface area contributed by atoms with Crippen LogP contribution in [0.2, 0.25) is 0 Å². The lowest BCUT2D eigenvalue weighted by Crippen LogP contribution is -2.57. The van der Waals surface area contributed by atoms with Crippen molar-refractivity contribution in [3.05, 3.63) is 44.6 Å². The van der Waals surface area contributed by atoms with Crippen molar-refractivity contribution in [2.45, 2.75) is 25.8 Å². The molecule has 3 rings (SSSR count). The summed E-state index contributed by atoms with van der Waals surface area (Å²) in [6, 6.07) is 8.81. The van der Waals surface area contributed by atoms with E-state index < -0.39 is 5.54 Å². The first kappa shape index (κ1) is 24.4. The Hall–Kier alpha value is -2.27. The number of nitrogens with zero attached hydrogens (tertiary/aromatic N) is 1. The van der Waals surface area contributed by atoms with Gasteiger partial charge in [0.05, 0.1) is 21.9 Å². The van der Waals surface area contributed by atoms with E-state index in [1.807, 2.05) is 13.8 Å². The van der Waals surface area contributed by atoms with Gasteiger partial charge < -0.3 is 25.0 Å². The number of hydrogen-bond acceptors (Lipinski definition) is 6. The van der Waals surface area contributed by atoms with Gasteiger partial charge >= 0.3 is 0 Å². The molecule has 2 N–H and O–H groups in total. The second-order valence-electron chi connectivity index (χ2n) is 7.39.